The van der Waals surface area contributed by atoms with Crippen molar-refractivity contribution in [2.24, 2.45) is 5.92 Å². The van der Waals surface area contributed by atoms with E-state index < -0.39 is 97.5 Å². The molecule has 0 saturated carbocycles. The second-order valence-corrected chi connectivity index (χ2v) is 30.5. The highest BCUT2D eigenvalue weighted by molar-refractivity contribution is 7.47. The van der Waals surface area contributed by atoms with Crippen LogP contribution in [0, 0.1) is 5.92 Å². The van der Waals surface area contributed by atoms with Crippen molar-refractivity contribution >= 4 is 39.5 Å². The molecule has 0 radical (unpaired) electrons. The van der Waals surface area contributed by atoms with Gasteiger partial charge in [0.2, 0.25) is 0 Å². The Kier molecular flexibility index (Phi) is 67.7. The molecule has 3 N–H and O–H groups in total. The second-order valence-electron chi connectivity index (χ2n) is 27.6. The number of aliphatic hydroxyl groups excluding tert-OH is 1. The summed E-state index contributed by atoms with van der Waals surface area (Å²) in [5.74, 6) is -1.38. The number of hydrogen-bond acceptors (Lipinski definition) is 15. The molecule has 0 amide bonds. The van der Waals surface area contributed by atoms with E-state index in [1.807, 2.05) is 0 Å². The molecule has 17 nitrogen and oxygen atoms in total. The van der Waals surface area contributed by atoms with Crippen LogP contribution in [0.1, 0.15) is 401 Å². The Morgan fingerprint density at radius 2 is 0.505 bits per heavy atom. The monoisotopic (exact) mass is 1400 g/mol. The van der Waals surface area contributed by atoms with Gasteiger partial charge in [-0.1, -0.05) is 349 Å². The Balaban J connectivity index is 5.25. The van der Waals surface area contributed by atoms with Gasteiger partial charge in [0.1, 0.15) is 19.3 Å². The Labute approximate surface area is 581 Å². The number of rotatable bonds is 76. The lowest BCUT2D eigenvalue weighted by atomic mass is 10.00. The lowest BCUT2D eigenvalue weighted by molar-refractivity contribution is -0.161. The summed E-state index contributed by atoms with van der Waals surface area (Å²) in [6.07, 6.45) is 58.1. The molecule has 0 fully saturated rings. The maximum Gasteiger partial charge on any atom is 0.472 e. The van der Waals surface area contributed by atoms with Crippen LogP contribution in [0.4, 0.5) is 0 Å². The van der Waals surface area contributed by atoms with E-state index in [-0.39, 0.29) is 25.7 Å². The van der Waals surface area contributed by atoms with Crippen molar-refractivity contribution in [3.63, 3.8) is 0 Å². The molecule has 0 aromatic carbocycles. The Morgan fingerprint density at radius 3 is 0.747 bits per heavy atom. The number of hydrogen-bond donors (Lipinski definition) is 3. The zero-order valence-corrected chi connectivity index (χ0v) is 63.6. The van der Waals surface area contributed by atoms with Gasteiger partial charge in [-0.25, -0.2) is 9.13 Å². The van der Waals surface area contributed by atoms with Crippen LogP contribution in [0.3, 0.4) is 0 Å². The molecule has 0 heterocycles. The largest absolute Gasteiger partial charge is 0.472 e. The van der Waals surface area contributed by atoms with Crippen molar-refractivity contribution in [3.8, 4) is 0 Å². The molecule has 6 atom stereocenters. The van der Waals surface area contributed by atoms with Gasteiger partial charge in [-0.15, -0.1) is 0 Å². The first-order valence-corrected chi connectivity index (χ1v) is 42.7. The third-order valence-electron chi connectivity index (χ3n) is 18.1. The van der Waals surface area contributed by atoms with E-state index >= 15 is 0 Å². The van der Waals surface area contributed by atoms with E-state index in [1.54, 1.807) is 0 Å². The van der Waals surface area contributed by atoms with Crippen molar-refractivity contribution in [2.75, 3.05) is 39.6 Å². The molecule has 564 valence electrons. The molecule has 0 aliphatic rings. The quantitative estimate of drug-likeness (QED) is 0.0222. The summed E-state index contributed by atoms with van der Waals surface area (Å²) in [6.45, 7) is 7.27. The fourth-order valence-electron chi connectivity index (χ4n) is 11.7. The molecule has 0 aliphatic heterocycles. The van der Waals surface area contributed by atoms with Crippen molar-refractivity contribution in [3.05, 3.63) is 0 Å². The van der Waals surface area contributed by atoms with Gasteiger partial charge in [0.15, 0.2) is 12.2 Å². The molecular formula is C76H148O17P2. The lowest BCUT2D eigenvalue weighted by Gasteiger charge is -2.21. The molecule has 0 saturated heterocycles. The maximum atomic E-state index is 13.1. The summed E-state index contributed by atoms with van der Waals surface area (Å²) in [4.78, 5) is 72.8. The van der Waals surface area contributed by atoms with Gasteiger partial charge in [0.05, 0.1) is 26.4 Å². The summed E-state index contributed by atoms with van der Waals surface area (Å²) in [5.41, 5.74) is 0. The zero-order valence-electron chi connectivity index (χ0n) is 61.8. The van der Waals surface area contributed by atoms with Crippen molar-refractivity contribution in [1.29, 1.82) is 0 Å². The highest BCUT2D eigenvalue weighted by atomic mass is 31.2. The van der Waals surface area contributed by atoms with Gasteiger partial charge in [0, 0.05) is 25.7 Å². The van der Waals surface area contributed by atoms with Crippen LogP contribution in [-0.2, 0) is 65.4 Å². The summed E-state index contributed by atoms with van der Waals surface area (Å²) in [7, 11) is -9.91. The van der Waals surface area contributed by atoms with Gasteiger partial charge in [0.25, 0.3) is 0 Å². The highest BCUT2D eigenvalue weighted by Gasteiger charge is 2.30. The van der Waals surface area contributed by atoms with E-state index in [1.165, 1.54) is 218 Å². The van der Waals surface area contributed by atoms with Crippen LogP contribution < -0.4 is 0 Å². The normalized spacial score (nSPS) is 14.2. The fraction of sp³-hybridized carbons (Fsp3) is 0.947. The SMILES string of the molecule is CCCCCCCCCCCCCCCCCC(=O)OC[C@H](COP(=O)(O)OC[C@@H](O)COP(=O)(O)OC[C@@H](COC(=O)CCCCCCCCC(C)CC)OC(=O)CCCCCCCCCCCCCCCCC)OC(=O)CCCCCCCCCCCCCCCCC. The lowest BCUT2D eigenvalue weighted by Crippen LogP contribution is -2.30. The Morgan fingerprint density at radius 1 is 0.295 bits per heavy atom. The predicted octanol–water partition coefficient (Wildman–Crippen LogP) is 22.5. The van der Waals surface area contributed by atoms with Crippen molar-refractivity contribution in [1.82, 2.24) is 0 Å². The first-order valence-electron chi connectivity index (χ1n) is 39.7. The molecule has 0 aromatic heterocycles. The Bertz CT molecular complexity index is 1820. The molecule has 3 unspecified atom stereocenters. The molecule has 0 rings (SSSR count). The smallest absolute Gasteiger partial charge is 0.462 e. The topological polar surface area (TPSA) is 237 Å². The van der Waals surface area contributed by atoms with Crippen LogP contribution in [-0.4, -0.2) is 96.7 Å². The molecule has 0 aromatic rings. The first-order chi connectivity index (χ1) is 46.1. The van der Waals surface area contributed by atoms with Gasteiger partial charge in [-0.2, -0.15) is 0 Å². The average molecular weight is 1400 g/mol. The zero-order chi connectivity index (χ0) is 69.8. The number of phosphoric acid groups is 2. The third kappa shape index (κ3) is 69.0. The van der Waals surface area contributed by atoms with E-state index in [9.17, 15) is 43.2 Å². The number of carbonyl (C=O) groups excluding carboxylic acids is 4. The minimum Gasteiger partial charge on any atom is -0.462 e. The molecule has 0 spiro atoms. The number of aliphatic hydroxyl groups is 1. The minimum atomic E-state index is -4.96. The van der Waals surface area contributed by atoms with E-state index in [4.69, 9.17) is 37.0 Å². The predicted molar refractivity (Wildman–Crippen MR) is 386 cm³/mol. The van der Waals surface area contributed by atoms with E-state index in [0.717, 1.165) is 102 Å². The van der Waals surface area contributed by atoms with Crippen molar-refractivity contribution in [2.45, 2.75) is 419 Å². The van der Waals surface area contributed by atoms with Crippen LogP contribution in [0.15, 0.2) is 0 Å². The van der Waals surface area contributed by atoms with Gasteiger partial charge < -0.3 is 33.8 Å². The average Bonchev–Trinajstić information content (AvgIpc) is 2.55. The van der Waals surface area contributed by atoms with Crippen LogP contribution in [0.5, 0.6) is 0 Å². The number of unbranched alkanes of at least 4 members (excludes halogenated alkanes) is 47. The van der Waals surface area contributed by atoms with Crippen molar-refractivity contribution < 1.29 is 80.2 Å². The van der Waals surface area contributed by atoms with Crippen LogP contribution >= 0.6 is 15.6 Å². The minimum absolute atomic E-state index is 0.108. The molecule has 19 heteroatoms. The summed E-state index contributed by atoms with van der Waals surface area (Å²) in [6, 6.07) is 0. The van der Waals surface area contributed by atoms with Gasteiger partial charge in [-0.05, 0) is 31.6 Å². The third-order valence-corrected chi connectivity index (χ3v) is 20.0. The molecular weight excluding hydrogens is 1250 g/mol. The first kappa shape index (κ1) is 93.1. The molecule has 0 aliphatic carbocycles. The molecule has 0 bridgehead atoms. The van der Waals surface area contributed by atoms with Crippen LogP contribution in [0.2, 0.25) is 0 Å². The van der Waals surface area contributed by atoms with Gasteiger partial charge >= 0.3 is 39.5 Å². The second kappa shape index (κ2) is 69.2. The standard InChI is InChI=1S/C76H148O17P2/c1-6-10-13-16-19-22-25-28-31-34-37-40-43-49-54-59-73(78)86-65-71(92-75(80)61-56-51-44-41-38-35-32-29-26-23-20-17-14-11-7-2)67-90-94(82,83)88-63-70(77)64-89-95(84,85)91-68-72(66-87-74(79)60-55-50-47-46-48-53-58-69(5)9-4)93-76(81)62-57-52-45-42-39-36-33-30-27-24-21-18-15-12-8-3/h69-72,77H,6-68H2,1-5H3,(H,82,83)(H,84,85)/t69?,70-,71-,72-/m1/s1. The number of phosphoric ester groups is 2. The fourth-order valence-corrected chi connectivity index (χ4v) is 13.3. The van der Waals surface area contributed by atoms with E-state index in [0.29, 0.717) is 25.7 Å². The Hall–Kier alpha value is -1.94. The summed E-state index contributed by atoms with van der Waals surface area (Å²) < 4.78 is 68.6. The van der Waals surface area contributed by atoms with Crippen LogP contribution in [0.25, 0.3) is 0 Å². The molecule has 95 heavy (non-hydrogen) atoms. The number of ether oxygens (including phenoxy) is 4. The number of esters is 4. The highest BCUT2D eigenvalue weighted by Crippen LogP contribution is 2.45. The summed E-state index contributed by atoms with van der Waals surface area (Å²) in [5, 5.41) is 10.6. The van der Waals surface area contributed by atoms with E-state index in [2.05, 4.69) is 34.6 Å². The number of carbonyl (C=O) groups is 4. The van der Waals surface area contributed by atoms with Gasteiger partial charge in [-0.3, -0.25) is 37.3 Å². The summed E-state index contributed by atoms with van der Waals surface area (Å²) >= 11 is 0. The maximum absolute atomic E-state index is 13.1.